The number of methoxy groups -OCH3 is 1. The van der Waals surface area contributed by atoms with Crippen LogP contribution < -0.4 is 10.6 Å². The molecule has 0 spiro atoms. The Kier molecular flexibility index (Phi) is 3.49. The maximum Gasteiger partial charge on any atom is 0.224 e. The van der Waals surface area contributed by atoms with Gasteiger partial charge in [0.25, 0.3) is 0 Å². The van der Waals surface area contributed by atoms with Crippen molar-refractivity contribution >= 4 is 5.91 Å². The van der Waals surface area contributed by atoms with Gasteiger partial charge in [0, 0.05) is 33.2 Å². The molecule has 0 saturated carbocycles. The van der Waals surface area contributed by atoms with E-state index in [0.717, 1.165) is 13.1 Å². The molecule has 0 aromatic heterocycles. The predicted octanol–water partition coefficient (Wildman–Crippen LogP) is -0.786. The number of amides is 1. The highest BCUT2D eigenvalue weighted by atomic mass is 16.5. The third-order valence-corrected chi connectivity index (χ3v) is 2.30. The van der Waals surface area contributed by atoms with E-state index in [9.17, 15) is 4.79 Å². The van der Waals surface area contributed by atoms with Gasteiger partial charge in [-0.25, -0.2) is 0 Å². The predicted molar refractivity (Wildman–Crippen MR) is 45.8 cm³/mol. The molecule has 1 aliphatic heterocycles. The molecule has 1 fully saturated rings. The molecule has 2 atom stereocenters. The van der Waals surface area contributed by atoms with Gasteiger partial charge in [-0.15, -0.1) is 0 Å². The zero-order valence-electron chi connectivity index (χ0n) is 7.59. The van der Waals surface area contributed by atoms with Gasteiger partial charge in [0.2, 0.25) is 5.91 Å². The van der Waals surface area contributed by atoms with Crippen LogP contribution in [0, 0.1) is 11.8 Å². The summed E-state index contributed by atoms with van der Waals surface area (Å²) in [5.74, 6) is 0.520. The van der Waals surface area contributed by atoms with E-state index in [0.29, 0.717) is 12.5 Å². The summed E-state index contributed by atoms with van der Waals surface area (Å²) >= 11 is 0. The van der Waals surface area contributed by atoms with Crippen LogP contribution in [0.5, 0.6) is 0 Å². The summed E-state index contributed by atoms with van der Waals surface area (Å²) in [5, 5.41) is 5.84. The van der Waals surface area contributed by atoms with Crippen molar-refractivity contribution in [2.75, 3.05) is 33.9 Å². The summed E-state index contributed by atoms with van der Waals surface area (Å²) in [4.78, 5) is 11.3. The largest absolute Gasteiger partial charge is 0.384 e. The fraction of sp³-hybridized carbons (Fsp3) is 0.875. The lowest BCUT2D eigenvalue weighted by molar-refractivity contribution is -0.125. The van der Waals surface area contributed by atoms with E-state index in [1.807, 2.05) is 0 Å². The van der Waals surface area contributed by atoms with Crippen LogP contribution in [0.2, 0.25) is 0 Å². The SMILES string of the molecule is CNC(=O)[C@@H]1CNC[C@H]1COC. The average Bonchev–Trinajstić information content (AvgIpc) is 2.52. The molecule has 1 heterocycles. The van der Waals surface area contributed by atoms with Crippen molar-refractivity contribution in [2.24, 2.45) is 11.8 Å². The van der Waals surface area contributed by atoms with Crippen molar-refractivity contribution in [3.8, 4) is 0 Å². The number of hydrogen-bond donors (Lipinski definition) is 2. The van der Waals surface area contributed by atoms with Gasteiger partial charge in [-0.3, -0.25) is 4.79 Å². The van der Waals surface area contributed by atoms with Gasteiger partial charge >= 0.3 is 0 Å². The molecule has 0 aromatic carbocycles. The Morgan fingerprint density at radius 2 is 2.42 bits per heavy atom. The van der Waals surface area contributed by atoms with E-state index in [2.05, 4.69) is 10.6 Å². The molecule has 70 valence electrons. The highest BCUT2D eigenvalue weighted by molar-refractivity contribution is 5.79. The summed E-state index contributed by atoms with van der Waals surface area (Å²) < 4.78 is 5.03. The van der Waals surface area contributed by atoms with E-state index in [1.54, 1.807) is 14.2 Å². The molecule has 0 bridgehead atoms. The third kappa shape index (κ3) is 1.95. The van der Waals surface area contributed by atoms with Gasteiger partial charge in [-0.1, -0.05) is 0 Å². The second kappa shape index (κ2) is 4.42. The lowest BCUT2D eigenvalue weighted by Crippen LogP contribution is -2.33. The molecule has 12 heavy (non-hydrogen) atoms. The van der Waals surface area contributed by atoms with Crippen LogP contribution in [0.25, 0.3) is 0 Å². The van der Waals surface area contributed by atoms with Crippen LogP contribution in [0.1, 0.15) is 0 Å². The fourth-order valence-corrected chi connectivity index (χ4v) is 1.61. The monoisotopic (exact) mass is 172 g/mol. The van der Waals surface area contributed by atoms with Crippen LogP contribution in [0.15, 0.2) is 0 Å². The molecular weight excluding hydrogens is 156 g/mol. The van der Waals surface area contributed by atoms with Crippen LogP contribution in [0.4, 0.5) is 0 Å². The fourth-order valence-electron chi connectivity index (χ4n) is 1.61. The number of nitrogens with one attached hydrogen (secondary N) is 2. The topological polar surface area (TPSA) is 50.4 Å². The van der Waals surface area contributed by atoms with E-state index in [4.69, 9.17) is 4.74 Å². The minimum Gasteiger partial charge on any atom is -0.384 e. The molecule has 0 aliphatic carbocycles. The third-order valence-electron chi connectivity index (χ3n) is 2.30. The summed E-state index contributed by atoms with van der Waals surface area (Å²) in [6, 6.07) is 0. The van der Waals surface area contributed by atoms with Crippen molar-refractivity contribution in [3.05, 3.63) is 0 Å². The van der Waals surface area contributed by atoms with Crippen molar-refractivity contribution < 1.29 is 9.53 Å². The number of carbonyl (C=O) groups excluding carboxylic acids is 1. The van der Waals surface area contributed by atoms with Gasteiger partial charge in [0.05, 0.1) is 12.5 Å². The maximum atomic E-state index is 11.3. The molecule has 2 N–H and O–H groups in total. The minimum atomic E-state index is 0.0787. The Morgan fingerprint density at radius 3 is 3.00 bits per heavy atom. The second-order valence-electron chi connectivity index (χ2n) is 3.09. The standard InChI is InChI=1S/C8H16N2O2/c1-9-8(11)7-4-10-3-6(7)5-12-2/h6-7,10H,3-5H2,1-2H3,(H,9,11)/t6-,7+/m0/s1. The van der Waals surface area contributed by atoms with E-state index < -0.39 is 0 Å². The van der Waals surface area contributed by atoms with E-state index in [-0.39, 0.29) is 11.8 Å². The Hall–Kier alpha value is -0.610. The Labute approximate surface area is 72.7 Å². The first-order chi connectivity index (χ1) is 5.79. The first kappa shape index (κ1) is 9.48. The molecular formula is C8H16N2O2. The highest BCUT2D eigenvalue weighted by Crippen LogP contribution is 2.16. The zero-order chi connectivity index (χ0) is 8.97. The first-order valence-corrected chi connectivity index (χ1v) is 4.20. The van der Waals surface area contributed by atoms with Crippen molar-refractivity contribution in [1.82, 2.24) is 10.6 Å². The average molecular weight is 172 g/mol. The first-order valence-electron chi connectivity index (χ1n) is 4.20. The molecule has 1 rings (SSSR count). The Balaban J connectivity index is 2.45. The number of rotatable bonds is 3. The van der Waals surface area contributed by atoms with Gasteiger partial charge in [0.1, 0.15) is 0 Å². The smallest absolute Gasteiger partial charge is 0.224 e. The molecule has 1 aliphatic rings. The highest BCUT2D eigenvalue weighted by Gasteiger charge is 2.31. The lowest BCUT2D eigenvalue weighted by atomic mass is 9.96. The lowest BCUT2D eigenvalue weighted by Gasteiger charge is -2.15. The summed E-state index contributed by atoms with van der Waals surface area (Å²) in [6.45, 7) is 2.31. The molecule has 0 unspecified atom stereocenters. The van der Waals surface area contributed by atoms with Crippen molar-refractivity contribution in [3.63, 3.8) is 0 Å². The minimum absolute atomic E-state index is 0.0787. The molecule has 4 nitrogen and oxygen atoms in total. The quantitative estimate of drug-likeness (QED) is 0.587. The normalized spacial score (nSPS) is 28.8. The van der Waals surface area contributed by atoms with Crippen molar-refractivity contribution in [2.45, 2.75) is 0 Å². The molecule has 0 aromatic rings. The molecule has 1 saturated heterocycles. The van der Waals surface area contributed by atoms with Crippen LogP contribution >= 0.6 is 0 Å². The molecule has 1 amide bonds. The summed E-state index contributed by atoms with van der Waals surface area (Å²) in [7, 11) is 3.34. The van der Waals surface area contributed by atoms with E-state index >= 15 is 0 Å². The zero-order valence-corrected chi connectivity index (χ0v) is 7.59. The second-order valence-corrected chi connectivity index (χ2v) is 3.09. The molecule has 0 radical (unpaired) electrons. The van der Waals surface area contributed by atoms with Crippen LogP contribution in [0.3, 0.4) is 0 Å². The summed E-state index contributed by atoms with van der Waals surface area (Å²) in [6.07, 6.45) is 0. The van der Waals surface area contributed by atoms with E-state index in [1.165, 1.54) is 0 Å². The number of hydrogen-bond acceptors (Lipinski definition) is 3. The number of carbonyl (C=O) groups is 1. The van der Waals surface area contributed by atoms with Gasteiger partial charge in [-0.05, 0) is 0 Å². The summed E-state index contributed by atoms with van der Waals surface area (Å²) in [5.41, 5.74) is 0. The van der Waals surface area contributed by atoms with Gasteiger partial charge < -0.3 is 15.4 Å². The van der Waals surface area contributed by atoms with Crippen LogP contribution in [-0.2, 0) is 9.53 Å². The molecule has 4 heteroatoms. The Morgan fingerprint density at radius 1 is 1.67 bits per heavy atom. The Bertz CT molecular complexity index is 161. The van der Waals surface area contributed by atoms with Crippen molar-refractivity contribution in [1.29, 1.82) is 0 Å². The number of ether oxygens (including phenoxy) is 1. The van der Waals surface area contributed by atoms with Gasteiger partial charge in [-0.2, -0.15) is 0 Å². The van der Waals surface area contributed by atoms with Crippen LogP contribution in [-0.4, -0.2) is 39.8 Å². The maximum absolute atomic E-state index is 11.3. The van der Waals surface area contributed by atoms with Gasteiger partial charge in [0.15, 0.2) is 0 Å².